The Kier molecular flexibility index (Phi) is 5.61. The molecule has 0 fully saturated rings. The van der Waals surface area contributed by atoms with Gasteiger partial charge in [-0.25, -0.2) is 0 Å². The molecular weight excluding hydrogens is 315 g/mol. The molecule has 100 valence electrons. The Morgan fingerprint density at radius 3 is 2.61 bits per heavy atom. The lowest BCUT2D eigenvalue weighted by Gasteiger charge is -2.09. The predicted molar refractivity (Wildman–Crippen MR) is 63.3 cm³/mol. The zero-order chi connectivity index (χ0) is 13.6. The van der Waals surface area contributed by atoms with Crippen molar-refractivity contribution >= 4 is 21.8 Å². The average Bonchev–Trinajstić information content (AvgIpc) is 2.27. The molecule has 0 saturated heterocycles. The Bertz CT molecular complexity index is 410. The number of nitrogens with one attached hydrogen (secondary N) is 1. The number of amides is 1. The quantitative estimate of drug-likeness (QED) is 0.845. The van der Waals surface area contributed by atoms with E-state index in [2.05, 4.69) is 26.0 Å². The molecule has 18 heavy (non-hydrogen) atoms. The van der Waals surface area contributed by atoms with Gasteiger partial charge in [0.15, 0.2) is 0 Å². The largest absolute Gasteiger partial charge is 0.411 e. The van der Waals surface area contributed by atoms with E-state index in [9.17, 15) is 18.0 Å². The van der Waals surface area contributed by atoms with Crippen LogP contribution in [0.3, 0.4) is 0 Å². The van der Waals surface area contributed by atoms with Gasteiger partial charge in [-0.3, -0.25) is 4.79 Å². The first-order valence-electron chi connectivity index (χ1n) is 5.07. The molecule has 0 aliphatic rings. The minimum Gasteiger partial charge on any atom is -0.370 e. The zero-order valence-corrected chi connectivity index (χ0v) is 10.8. The number of benzene rings is 1. The molecule has 1 amide bonds. The van der Waals surface area contributed by atoms with Crippen LogP contribution in [0, 0.1) is 0 Å². The van der Waals surface area contributed by atoms with E-state index in [1.54, 1.807) is 24.3 Å². The lowest BCUT2D eigenvalue weighted by molar-refractivity contribution is -0.173. The summed E-state index contributed by atoms with van der Waals surface area (Å²) in [5, 5.41) is 2.46. The van der Waals surface area contributed by atoms with Gasteiger partial charge in [0, 0.05) is 11.0 Å². The lowest BCUT2D eigenvalue weighted by atomic mass is 10.2. The maximum absolute atomic E-state index is 11.7. The number of carbonyl (C=O) groups is 1. The van der Waals surface area contributed by atoms with Crippen LogP contribution in [0.5, 0.6) is 0 Å². The van der Waals surface area contributed by atoms with Crippen molar-refractivity contribution in [3.8, 4) is 0 Å². The molecule has 0 bridgehead atoms. The van der Waals surface area contributed by atoms with Crippen molar-refractivity contribution in [2.75, 3.05) is 19.8 Å². The predicted octanol–water partition coefficient (Wildman–Crippen LogP) is 2.76. The first kappa shape index (κ1) is 15.0. The second-order valence-electron chi connectivity index (χ2n) is 3.40. The van der Waals surface area contributed by atoms with E-state index in [1.807, 2.05) is 0 Å². The molecule has 0 heterocycles. The lowest BCUT2D eigenvalue weighted by Crippen LogP contribution is -2.29. The molecule has 0 aliphatic heterocycles. The highest BCUT2D eigenvalue weighted by Crippen LogP contribution is 2.15. The molecule has 1 aromatic rings. The molecule has 1 rings (SSSR count). The highest BCUT2D eigenvalue weighted by Gasteiger charge is 2.27. The minimum absolute atomic E-state index is 0.0241. The molecule has 0 radical (unpaired) electrons. The number of carbonyl (C=O) groups excluding carboxylic acids is 1. The van der Waals surface area contributed by atoms with Crippen molar-refractivity contribution in [3.63, 3.8) is 0 Å². The highest BCUT2D eigenvalue weighted by molar-refractivity contribution is 9.10. The van der Waals surface area contributed by atoms with Crippen LogP contribution in [0.4, 0.5) is 13.2 Å². The topological polar surface area (TPSA) is 38.3 Å². The van der Waals surface area contributed by atoms with Crippen molar-refractivity contribution in [2.24, 2.45) is 0 Å². The Morgan fingerprint density at radius 1 is 1.33 bits per heavy atom. The van der Waals surface area contributed by atoms with Crippen molar-refractivity contribution < 1.29 is 22.7 Å². The van der Waals surface area contributed by atoms with Crippen LogP contribution in [-0.4, -0.2) is 31.8 Å². The van der Waals surface area contributed by atoms with Gasteiger partial charge in [-0.1, -0.05) is 12.1 Å². The third kappa shape index (κ3) is 5.50. The van der Waals surface area contributed by atoms with E-state index in [0.717, 1.165) is 0 Å². The van der Waals surface area contributed by atoms with Crippen LogP contribution in [0.25, 0.3) is 0 Å². The Morgan fingerprint density at radius 2 is 2.00 bits per heavy atom. The maximum atomic E-state index is 11.7. The fourth-order valence-electron chi connectivity index (χ4n) is 1.17. The van der Waals surface area contributed by atoms with E-state index < -0.39 is 12.8 Å². The molecule has 0 saturated carbocycles. The SMILES string of the molecule is O=C(NCCOCC(F)(F)F)c1ccccc1Br. The second kappa shape index (κ2) is 6.75. The third-order valence-electron chi connectivity index (χ3n) is 1.92. The van der Waals surface area contributed by atoms with E-state index in [-0.39, 0.29) is 19.1 Å². The van der Waals surface area contributed by atoms with Crippen LogP contribution in [0.15, 0.2) is 28.7 Å². The number of hydrogen-bond acceptors (Lipinski definition) is 2. The number of rotatable bonds is 5. The van der Waals surface area contributed by atoms with E-state index in [4.69, 9.17) is 0 Å². The Hall–Kier alpha value is -1.08. The van der Waals surface area contributed by atoms with Gasteiger partial charge in [-0.15, -0.1) is 0 Å². The molecule has 0 atom stereocenters. The monoisotopic (exact) mass is 325 g/mol. The van der Waals surface area contributed by atoms with Gasteiger partial charge in [-0.2, -0.15) is 13.2 Å². The van der Waals surface area contributed by atoms with Gasteiger partial charge in [-0.05, 0) is 28.1 Å². The number of halogens is 4. The number of ether oxygens (including phenoxy) is 1. The van der Waals surface area contributed by atoms with Crippen LogP contribution in [-0.2, 0) is 4.74 Å². The molecular formula is C11H11BrF3NO2. The minimum atomic E-state index is -4.34. The van der Waals surface area contributed by atoms with Crippen LogP contribution < -0.4 is 5.32 Å². The first-order chi connectivity index (χ1) is 8.40. The highest BCUT2D eigenvalue weighted by atomic mass is 79.9. The second-order valence-corrected chi connectivity index (χ2v) is 4.26. The average molecular weight is 326 g/mol. The Balaban J connectivity index is 2.28. The molecule has 3 nitrogen and oxygen atoms in total. The molecule has 1 N–H and O–H groups in total. The third-order valence-corrected chi connectivity index (χ3v) is 2.61. The molecule has 0 aliphatic carbocycles. The molecule has 7 heteroatoms. The first-order valence-corrected chi connectivity index (χ1v) is 5.86. The normalized spacial score (nSPS) is 11.3. The maximum Gasteiger partial charge on any atom is 0.411 e. The van der Waals surface area contributed by atoms with E-state index >= 15 is 0 Å². The fourth-order valence-corrected chi connectivity index (χ4v) is 1.63. The van der Waals surface area contributed by atoms with Gasteiger partial charge in [0.1, 0.15) is 6.61 Å². The van der Waals surface area contributed by atoms with E-state index in [0.29, 0.717) is 10.0 Å². The fraction of sp³-hybridized carbons (Fsp3) is 0.364. The van der Waals surface area contributed by atoms with Gasteiger partial charge in [0.25, 0.3) is 5.91 Å². The summed E-state index contributed by atoms with van der Waals surface area (Å²) in [6.07, 6.45) is -4.34. The zero-order valence-electron chi connectivity index (χ0n) is 9.26. The van der Waals surface area contributed by atoms with Crippen molar-refractivity contribution in [2.45, 2.75) is 6.18 Å². The van der Waals surface area contributed by atoms with Crippen molar-refractivity contribution in [3.05, 3.63) is 34.3 Å². The van der Waals surface area contributed by atoms with Crippen LogP contribution in [0.2, 0.25) is 0 Å². The van der Waals surface area contributed by atoms with Gasteiger partial charge < -0.3 is 10.1 Å². The molecule has 0 spiro atoms. The Labute approximate surface area is 110 Å². The summed E-state index contributed by atoms with van der Waals surface area (Å²) < 4.78 is 40.2. The molecule has 0 unspecified atom stereocenters. The van der Waals surface area contributed by atoms with Crippen molar-refractivity contribution in [1.29, 1.82) is 0 Å². The standard InChI is InChI=1S/C11H11BrF3NO2/c12-9-4-2-1-3-8(9)10(17)16-5-6-18-7-11(13,14)15/h1-4H,5-7H2,(H,16,17). The summed E-state index contributed by atoms with van der Waals surface area (Å²) in [4.78, 5) is 11.6. The van der Waals surface area contributed by atoms with E-state index in [1.165, 1.54) is 0 Å². The van der Waals surface area contributed by atoms with Gasteiger partial charge in [0.05, 0.1) is 12.2 Å². The number of alkyl halides is 3. The summed E-state index contributed by atoms with van der Waals surface area (Å²) in [5.41, 5.74) is 0.424. The van der Waals surface area contributed by atoms with Gasteiger partial charge in [0.2, 0.25) is 0 Å². The summed E-state index contributed by atoms with van der Waals surface area (Å²) in [6.45, 7) is -1.47. The summed E-state index contributed by atoms with van der Waals surface area (Å²) in [6, 6.07) is 6.76. The molecule has 1 aromatic carbocycles. The molecule has 0 aromatic heterocycles. The number of hydrogen-bond donors (Lipinski definition) is 1. The van der Waals surface area contributed by atoms with Crippen LogP contribution >= 0.6 is 15.9 Å². The summed E-state index contributed by atoms with van der Waals surface area (Å²) >= 11 is 3.20. The van der Waals surface area contributed by atoms with Crippen LogP contribution in [0.1, 0.15) is 10.4 Å². The smallest absolute Gasteiger partial charge is 0.370 e. The van der Waals surface area contributed by atoms with Crippen molar-refractivity contribution in [1.82, 2.24) is 5.32 Å². The summed E-state index contributed by atoms with van der Waals surface area (Å²) in [7, 11) is 0. The summed E-state index contributed by atoms with van der Waals surface area (Å²) in [5.74, 6) is -0.363. The van der Waals surface area contributed by atoms with Gasteiger partial charge >= 0.3 is 6.18 Å².